The maximum Gasteiger partial charge on any atom is 0.226 e. The molecule has 38 heavy (non-hydrogen) atoms. The molecule has 1 unspecified atom stereocenters. The topological polar surface area (TPSA) is 75.7 Å². The van der Waals surface area contributed by atoms with Crippen molar-refractivity contribution in [3.63, 3.8) is 0 Å². The van der Waals surface area contributed by atoms with Crippen molar-refractivity contribution < 1.29 is 4.79 Å². The van der Waals surface area contributed by atoms with Crippen molar-refractivity contribution in [1.82, 2.24) is 19.4 Å². The molecule has 2 aromatic heterocycles. The van der Waals surface area contributed by atoms with Crippen LogP contribution in [0.2, 0.25) is 0 Å². The summed E-state index contributed by atoms with van der Waals surface area (Å²) in [6.45, 7) is 5.18. The number of nitrogens with one attached hydrogen (secondary N) is 2. The first kappa shape index (κ1) is 25.2. The van der Waals surface area contributed by atoms with Crippen molar-refractivity contribution in [2.45, 2.75) is 39.3 Å². The molecule has 3 aromatic carbocycles. The van der Waals surface area contributed by atoms with Crippen LogP contribution in [-0.4, -0.2) is 26.6 Å². The monoisotopic (exact) mass is 503 g/mol. The Morgan fingerprint density at radius 2 is 1.47 bits per heavy atom. The van der Waals surface area contributed by atoms with Gasteiger partial charge in [-0.2, -0.15) is 0 Å². The Morgan fingerprint density at radius 1 is 0.842 bits per heavy atom. The molecule has 0 radical (unpaired) electrons. The van der Waals surface area contributed by atoms with E-state index in [1.165, 1.54) is 16.7 Å². The molecule has 1 atom stereocenters. The third-order valence-electron chi connectivity index (χ3n) is 6.94. The molecule has 6 nitrogen and oxygen atoms in total. The number of carbonyl (C=O) groups is 1. The molecule has 2 heterocycles. The molecule has 192 valence electrons. The van der Waals surface area contributed by atoms with Gasteiger partial charge in [-0.3, -0.25) is 15.2 Å². The predicted molar refractivity (Wildman–Crippen MR) is 151 cm³/mol. The number of rotatable bonds is 9. The summed E-state index contributed by atoms with van der Waals surface area (Å²) in [5.41, 5.74) is 7.89. The van der Waals surface area contributed by atoms with Crippen LogP contribution in [0.25, 0.3) is 11.0 Å². The molecule has 0 aliphatic carbocycles. The van der Waals surface area contributed by atoms with Gasteiger partial charge in [-0.15, -0.1) is 0 Å². The number of carbonyl (C=O) groups excluding carboxylic acids is 1. The average molecular weight is 504 g/mol. The van der Waals surface area contributed by atoms with Crippen LogP contribution in [-0.2, 0) is 24.2 Å². The highest BCUT2D eigenvalue weighted by Gasteiger charge is 2.20. The van der Waals surface area contributed by atoms with E-state index in [9.17, 15) is 10.2 Å². The summed E-state index contributed by atoms with van der Waals surface area (Å²) in [5.74, 6) is -0.0758. The van der Waals surface area contributed by atoms with Crippen LogP contribution in [0, 0.1) is 19.3 Å². The Bertz CT molecular complexity index is 1580. The molecule has 0 aliphatic rings. The lowest BCUT2D eigenvalue weighted by molar-refractivity contribution is -0.120. The van der Waals surface area contributed by atoms with Crippen molar-refractivity contribution >= 4 is 16.9 Å². The largest absolute Gasteiger partial charge is 0.354 e. The van der Waals surface area contributed by atoms with Gasteiger partial charge in [-0.05, 0) is 55.7 Å². The molecule has 5 aromatic rings. The van der Waals surface area contributed by atoms with Crippen molar-refractivity contribution in [2.75, 3.05) is 6.54 Å². The van der Waals surface area contributed by atoms with E-state index in [0.29, 0.717) is 25.1 Å². The number of pyridine rings is 1. The molecular weight excluding hydrogens is 470 g/mol. The lowest BCUT2D eigenvalue weighted by atomic mass is 10.0. The van der Waals surface area contributed by atoms with E-state index < -0.39 is 0 Å². The summed E-state index contributed by atoms with van der Waals surface area (Å²) >= 11 is 0. The maximum absolute atomic E-state index is 12.9. The summed E-state index contributed by atoms with van der Waals surface area (Å²) in [4.78, 5) is 17.1. The van der Waals surface area contributed by atoms with E-state index in [2.05, 4.69) is 93.9 Å². The van der Waals surface area contributed by atoms with Gasteiger partial charge in [0.1, 0.15) is 0 Å². The molecule has 1 amide bonds. The molecule has 0 saturated carbocycles. The van der Waals surface area contributed by atoms with Crippen molar-refractivity contribution in [3.05, 3.63) is 131 Å². The highest BCUT2D eigenvalue weighted by atomic mass is 16.1. The lowest BCUT2D eigenvalue weighted by Crippen LogP contribution is -2.37. The number of aryl methyl sites for hydroxylation is 2. The summed E-state index contributed by atoms with van der Waals surface area (Å²) in [5, 5.41) is 12.4. The van der Waals surface area contributed by atoms with Crippen LogP contribution in [0.15, 0.2) is 97.2 Å². The number of hydrogen-bond donors (Lipinski definition) is 2. The Morgan fingerprint density at radius 3 is 2.13 bits per heavy atom. The molecule has 0 saturated heterocycles. The first-order valence-corrected chi connectivity index (χ1v) is 13.0. The maximum atomic E-state index is 12.9. The van der Waals surface area contributed by atoms with Crippen molar-refractivity contribution in [2.24, 2.45) is 0 Å². The van der Waals surface area contributed by atoms with E-state index in [-0.39, 0.29) is 18.4 Å². The van der Waals surface area contributed by atoms with Gasteiger partial charge in [0.25, 0.3) is 0 Å². The molecule has 0 fully saturated rings. The van der Waals surface area contributed by atoms with Crippen LogP contribution in [0.1, 0.15) is 34.0 Å². The normalized spacial score (nSPS) is 11.9. The highest BCUT2D eigenvalue weighted by Crippen LogP contribution is 2.22. The number of hydrogen-bond acceptors (Lipinski definition) is 3. The zero-order valence-electron chi connectivity index (χ0n) is 21.9. The first-order chi connectivity index (χ1) is 18.5. The molecule has 2 N–H and O–H groups in total. The van der Waals surface area contributed by atoms with Crippen LogP contribution >= 0.6 is 0 Å². The Balaban J connectivity index is 1.49. The van der Waals surface area contributed by atoms with Gasteiger partial charge in [0.05, 0.1) is 30.0 Å². The van der Waals surface area contributed by atoms with Gasteiger partial charge >= 0.3 is 0 Å². The molecule has 6 heteroatoms. The van der Waals surface area contributed by atoms with Gasteiger partial charge in [0.2, 0.25) is 11.5 Å². The fourth-order valence-corrected chi connectivity index (χ4v) is 4.87. The third kappa shape index (κ3) is 5.75. The second kappa shape index (κ2) is 11.3. The Labute approximate surface area is 223 Å². The molecule has 5 rings (SSSR count). The van der Waals surface area contributed by atoms with Gasteiger partial charge in [-0.1, -0.05) is 77.9 Å². The summed E-state index contributed by atoms with van der Waals surface area (Å²) in [6, 6.07) is 30.6. The zero-order valence-corrected chi connectivity index (χ0v) is 21.9. The minimum Gasteiger partial charge on any atom is -0.354 e. The standard InChI is InChI=1S/C32H33N5O/c1-23-10-14-25(15-11-23)19-28(21-35-31(38)20-27-7-5-6-18-34-27)37-30-9-4-3-8-29(30)36(32(37)33)22-26-16-12-24(2)13-17-26/h3-18,28,33H,19-22H2,1-2H3,(H,35,38). The van der Waals surface area contributed by atoms with Crippen molar-refractivity contribution in [1.29, 1.82) is 5.41 Å². The Hall–Kier alpha value is -4.45. The second-order valence-corrected chi connectivity index (χ2v) is 9.90. The average Bonchev–Trinajstić information content (AvgIpc) is 3.20. The molecular formula is C32H33N5O. The SMILES string of the molecule is Cc1ccc(CC(CNC(=O)Cc2ccccn2)n2c(=N)n(Cc3ccc(C)cc3)c3ccccc32)cc1. The van der Waals surface area contributed by atoms with E-state index >= 15 is 0 Å². The predicted octanol–water partition coefficient (Wildman–Crippen LogP) is 5.13. The number of fused-ring (bicyclic) bond motifs is 1. The fourth-order valence-electron chi connectivity index (χ4n) is 4.87. The zero-order chi connectivity index (χ0) is 26.5. The van der Waals surface area contributed by atoms with Gasteiger partial charge in [0.15, 0.2) is 0 Å². The number of amides is 1. The lowest BCUT2D eigenvalue weighted by Gasteiger charge is -2.21. The smallest absolute Gasteiger partial charge is 0.226 e. The summed E-state index contributed by atoms with van der Waals surface area (Å²) < 4.78 is 4.13. The minimum atomic E-state index is -0.137. The van der Waals surface area contributed by atoms with E-state index in [4.69, 9.17) is 0 Å². The van der Waals surface area contributed by atoms with Crippen LogP contribution < -0.4 is 10.9 Å². The van der Waals surface area contributed by atoms with Crippen LogP contribution in [0.5, 0.6) is 0 Å². The van der Waals surface area contributed by atoms with Crippen LogP contribution in [0.3, 0.4) is 0 Å². The van der Waals surface area contributed by atoms with E-state index in [0.717, 1.165) is 22.3 Å². The third-order valence-corrected chi connectivity index (χ3v) is 6.94. The number of imidazole rings is 1. The highest BCUT2D eigenvalue weighted by molar-refractivity contribution is 5.78. The second-order valence-electron chi connectivity index (χ2n) is 9.90. The van der Waals surface area contributed by atoms with Crippen molar-refractivity contribution in [3.8, 4) is 0 Å². The minimum absolute atomic E-state index is 0.0758. The number of nitrogens with zero attached hydrogens (tertiary/aromatic N) is 3. The van der Waals surface area contributed by atoms with Crippen LogP contribution in [0.4, 0.5) is 0 Å². The van der Waals surface area contributed by atoms with Gasteiger partial charge in [-0.25, -0.2) is 0 Å². The first-order valence-electron chi connectivity index (χ1n) is 13.0. The molecule has 0 aliphatic heterocycles. The van der Waals surface area contributed by atoms with E-state index in [1.807, 2.05) is 30.3 Å². The molecule has 0 bridgehead atoms. The number of benzene rings is 3. The van der Waals surface area contributed by atoms with Gasteiger partial charge < -0.3 is 14.5 Å². The van der Waals surface area contributed by atoms with E-state index in [1.54, 1.807) is 6.20 Å². The molecule has 0 spiro atoms. The van der Waals surface area contributed by atoms with Gasteiger partial charge in [0, 0.05) is 18.4 Å². The quantitative estimate of drug-likeness (QED) is 0.293. The Kier molecular flexibility index (Phi) is 7.50. The summed E-state index contributed by atoms with van der Waals surface area (Å²) in [7, 11) is 0. The fraction of sp³-hybridized carbons (Fsp3) is 0.219. The number of para-hydroxylation sites is 2. The number of aromatic nitrogens is 3. The summed E-state index contributed by atoms with van der Waals surface area (Å²) in [6.07, 6.45) is 2.62.